The van der Waals surface area contributed by atoms with Gasteiger partial charge in [0.2, 0.25) is 0 Å². The summed E-state index contributed by atoms with van der Waals surface area (Å²) in [5.41, 5.74) is 0. The van der Waals surface area contributed by atoms with Crippen LogP contribution < -0.4 is 5.32 Å². The molecule has 0 aliphatic rings. The van der Waals surface area contributed by atoms with Crippen LogP contribution in [0.25, 0.3) is 0 Å². The Bertz CT molecular complexity index is 206. The van der Waals surface area contributed by atoms with Crippen molar-refractivity contribution in [3.05, 3.63) is 22.4 Å². The van der Waals surface area contributed by atoms with Gasteiger partial charge in [-0.3, -0.25) is 0 Å². The van der Waals surface area contributed by atoms with Crippen LogP contribution in [0, 0.1) is 5.92 Å². The average Bonchev–Trinajstić information content (AvgIpc) is 2.64. The van der Waals surface area contributed by atoms with Crippen molar-refractivity contribution in [1.29, 1.82) is 0 Å². The Morgan fingerprint density at radius 2 is 2.38 bits per heavy atom. The molecule has 0 saturated heterocycles. The molecular formula is C11H19NS. The van der Waals surface area contributed by atoms with Crippen LogP contribution in [-0.4, -0.2) is 13.1 Å². The lowest BCUT2D eigenvalue weighted by atomic mass is 10.1. The highest BCUT2D eigenvalue weighted by Crippen LogP contribution is 2.08. The van der Waals surface area contributed by atoms with Gasteiger partial charge in [-0.05, 0) is 36.9 Å². The highest BCUT2D eigenvalue weighted by molar-refractivity contribution is 7.09. The van der Waals surface area contributed by atoms with Gasteiger partial charge in [0.05, 0.1) is 0 Å². The highest BCUT2D eigenvalue weighted by Gasteiger charge is 1.97. The van der Waals surface area contributed by atoms with Crippen molar-refractivity contribution in [2.75, 3.05) is 13.1 Å². The first kappa shape index (κ1) is 10.7. The number of rotatable bonds is 6. The summed E-state index contributed by atoms with van der Waals surface area (Å²) < 4.78 is 0. The first-order chi connectivity index (χ1) is 6.33. The van der Waals surface area contributed by atoms with E-state index in [-0.39, 0.29) is 0 Å². The Kier molecular flexibility index (Phi) is 5.09. The maximum Gasteiger partial charge on any atom is 0.00578 e. The zero-order valence-corrected chi connectivity index (χ0v) is 9.36. The molecule has 0 amide bonds. The third-order valence-corrected chi connectivity index (χ3v) is 3.25. The Hall–Kier alpha value is -0.340. The van der Waals surface area contributed by atoms with E-state index >= 15 is 0 Å². The van der Waals surface area contributed by atoms with Crippen LogP contribution in [0.2, 0.25) is 0 Å². The molecule has 74 valence electrons. The monoisotopic (exact) mass is 197 g/mol. The average molecular weight is 197 g/mol. The molecule has 13 heavy (non-hydrogen) atoms. The number of hydrogen-bond acceptors (Lipinski definition) is 2. The van der Waals surface area contributed by atoms with E-state index in [4.69, 9.17) is 0 Å². The second kappa shape index (κ2) is 6.17. The summed E-state index contributed by atoms with van der Waals surface area (Å²) >= 11 is 1.85. The van der Waals surface area contributed by atoms with E-state index < -0.39 is 0 Å². The molecule has 1 aromatic heterocycles. The van der Waals surface area contributed by atoms with E-state index in [0.29, 0.717) is 0 Å². The summed E-state index contributed by atoms with van der Waals surface area (Å²) in [5, 5.41) is 5.62. The highest BCUT2D eigenvalue weighted by atomic mass is 32.1. The molecule has 0 aliphatic heterocycles. The van der Waals surface area contributed by atoms with E-state index in [9.17, 15) is 0 Å². The number of thiophene rings is 1. The van der Waals surface area contributed by atoms with Crippen LogP contribution in [0.5, 0.6) is 0 Å². The second-order valence-corrected chi connectivity index (χ2v) is 4.58. The van der Waals surface area contributed by atoms with E-state index in [1.165, 1.54) is 17.7 Å². The minimum absolute atomic E-state index is 0.809. The molecule has 0 aromatic carbocycles. The molecule has 1 aromatic rings. The van der Waals surface area contributed by atoms with Crippen molar-refractivity contribution in [2.45, 2.75) is 26.7 Å². The molecule has 0 aliphatic carbocycles. The molecule has 1 N–H and O–H groups in total. The van der Waals surface area contributed by atoms with Gasteiger partial charge in [-0.15, -0.1) is 11.3 Å². The molecule has 1 heterocycles. The van der Waals surface area contributed by atoms with E-state index in [1.807, 2.05) is 11.3 Å². The maximum atomic E-state index is 3.48. The van der Waals surface area contributed by atoms with Crippen LogP contribution in [-0.2, 0) is 6.42 Å². The lowest BCUT2D eigenvalue weighted by Crippen LogP contribution is -2.22. The quantitative estimate of drug-likeness (QED) is 0.691. The summed E-state index contributed by atoms with van der Waals surface area (Å²) in [6.45, 7) is 6.80. The van der Waals surface area contributed by atoms with Crippen molar-refractivity contribution >= 4 is 11.3 Å². The lowest BCUT2D eigenvalue weighted by Gasteiger charge is -2.08. The van der Waals surface area contributed by atoms with Gasteiger partial charge in [0.1, 0.15) is 0 Å². The zero-order chi connectivity index (χ0) is 9.52. The van der Waals surface area contributed by atoms with Gasteiger partial charge in [0, 0.05) is 4.88 Å². The smallest absolute Gasteiger partial charge is 0.00578 e. The SMILES string of the molecule is CCC(C)CNCCc1cccs1. The van der Waals surface area contributed by atoms with Gasteiger partial charge in [-0.25, -0.2) is 0 Å². The van der Waals surface area contributed by atoms with Gasteiger partial charge < -0.3 is 5.32 Å². The molecule has 1 rings (SSSR count). The Morgan fingerprint density at radius 3 is 3.00 bits per heavy atom. The van der Waals surface area contributed by atoms with Crippen molar-refractivity contribution < 1.29 is 0 Å². The maximum absolute atomic E-state index is 3.48. The lowest BCUT2D eigenvalue weighted by molar-refractivity contribution is 0.503. The van der Waals surface area contributed by atoms with Gasteiger partial charge >= 0.3 is 0 Å². The standard InChI is InChI=1S/C11H19NS/c1-3-10(2)9-12-7-6-11-5-4-8-13-11/h4-5,8,10,12H,3,6-7,9H2,1-2H3. The summed E-state index contributed by atoms with van der Waals surface area (Å²) in [6.07, 6.45) is 2.44. The third kappa shape index (κ3) is 4.44. The fourth-order valence-corrected chi connectivity index (χ4v) is 1.87. The summed E-state index contributed by atoms with van der Waals surface area (Å²) in [7, 11) is 0. The molecule has 2 heteroatoms. The van der Waals surface area contributed by atoms with Crippen molar-refractivity contribution in [3.8, 4) is 0 Å². The Labute approximate surface area is 85.2 Å². The molecule has 0 saturated carbocycles. The number of nitrogens with one attached hydrogen (secondary N) is 1. The van der Waals surface area contributed by atoms with Gasteiger partial charge in [0.25, 0.3) is 0 Å². The topological polar surface area (TPSA) is 12.0 Å². The molecule has 0 radical (unpaired) electrons. The first-order valence-electron chi connectivity index (χ1n) is 5.06. The van der Waals surface area contributed by atoms with E-state index in [1.54, 1.807) is 0 Å². The summed E-state index contributed by atoms with van der Waals surface area (Å²) in [4.78, 5) is 1.48. The molecule has 1 nitrogen and oxygen atoms in total. The van der Waals surface area contributed by atoms with E-state index in [2.05, 4.69) is 36.7 Å². The molecular weight excluding hydrogens is 178 g/mol. The first-order valence-corrected chi connectivity index (χ1v) is 5.94. The van der Waals surface area contributed by atoms with Gasteiger partial charge in [-0.2, -0.15) is 0 Å². The fourth-order valence-electron chi connectivity index (χ4n) is 1.16. The van der Waals surface area contributed by atoms with Gasteiger partial charge in [0.15, 0.2) is 0 Å². The van der Waals surface area contributed by atoms with Crippen molar-refractivity contribution in [3.63, 3.8) is 0 Å². The molecule has 0 bridgehead atoms. The van der Waals surface area contributed by atoms with Crippen LogP contribution in [0.4, 0.5) is 0 Å². The minimum atomic E-state index is 0.809. The van der Waals surface area contributed by atoms with Crippen LogP contribution >= 0.6 is 11.3 Å². The third-order valence-electron chi connectivity index (χ3n) is 2.32. The molecule has 1 atom stereocenters. The fraction of sp³-hybridized carbons (Fsp3) is 0.636. The summed E-state index contributed by atoms with van der Waals surface area (Å²) in [5.74, 6) is 0.809. The minimum Gasteiger partial charge on any atom is -0.316 e. The summed E-state index contributed by atoms with van der Waals surface area (Å²) in [6, 6.07) is 4.32. The Balaban J connectivity index is 2.02. The molecule has 1 unspecified atom stereocenters. The largest absolute Gasteiger partial charge is 0.316 e. The Morgan fingerprint density at radius 1 is 1.54 bits per heavy atom. The van der Waals surface area contributed by atoms with Crippen LogP contribution in [0.1, 0.15) is 25.1 Å². The van der Waals surface area contributed by atoms with Crippen molar-refractivity contribution in [2.24, 2.45) is 5.92 Å². The van der Waals surface area contributed by atoms with Crippen LogP contribution in [0.3, 0.4) is 0 Å². The predicted octanol–water partition coefficient (Wildman–Crippen LogP) is 2.93. The van der Waals surface area contributed by atoms with Gasteiger partial charge in [-0.1, -0.05) is 26.3 Å². The second-order valence-electron chi connectivity index (χ2n) is 3.55. The zero-order valence-electron chi connectivity index (χ0n) is 8.55. The van der Waals surface area contributed by atoms with Crippen LogP contribution in [0.15, 0.2) is 17.5 Å². The normalized spacial score (nSPS) is 13.1. The predicted molar refractivity (Wildman–Crippen MR) is 60.3 cm³/mol. The van der Waals surface area contributed by atoms with E-state index in [0.717, 1.165) is 19.0 Å². The molecule has 0 spiro atoms. The molecule has 0 fully saturated rings. The number of hydrogen-bond donors (Lipinski definition) is 1. The van der Waals surface area contributed by atoms with Crippen molar-refractivity contribution in [1.82, 2.24) is 5.32 Å².